The minimum Gasteiger partial charge on any atom is -0.480 e. The lowest BCUT2D eigenvalue weighted by Crippen LogP contribution is -2.50. The number of nitrogens with two attached hydrogens (primary N) is 1. The van der Waals surface area contributed by atoms with Crippen LogP contribution in [0.15, 0.2) is 24.3 Å². The molecule has 1 fully saturated rings. The maximum atomic E-state index is 12.6. The number of likely N-dealkylation sites (tertiary alicyclic amines) is 1. The fourth-order valence-corrected chi connectivity index (χ4v) is 2.68. The Bertz CT molecular complexity index is 538. The molecular formula is C16H22N2O3. The number of hydrogen-bond acceptors (Lipinski definition) is 3. The van der Waals surface area contributed by atoms with Crippen LogP contribution >= 0.6 is 0 Å². The molecule has 0 bridgehead atoms. The van der Waals surface area contributed by atoms with Crippen molar-refractivity contribution in [3.63, 3.8) is 0 Å². The number of carbonyl (C=O) groups is 2. The van der Waals surface area contributed by atoms with Crippen LogP contribution in [0, 0.1) is 0 Å². The van der Waals surface area contributed by atoms with Crippen LogP contribution in [0.1, 0.15) is 43.2 Å². The van der Waals surface area contributed by atoms with Gasteiger partial charge in [-0.2, -0.15) is 0 Å². The molecule has 5 heteroatoms. The normalized spacial score (nSPS) is 17.2. The first kappa shape index (κ1) is 15.5. The second-order valence-corrected chi connectivity index (χ2v) is 5.80. The average molecular weight is 290 g/mol. The van der Waals surface area contributed by atoms with E-state index in [9.17, 15) is 14.7 Å². The summed E-state index contributed by atoms with van der Waals surface area (Å²) in [5, 5.41) is 9.27. The maximum absolute atomic E-state index is 12.6. The Morgan fingerprint density at radius 1 is 1.19 bits per heavy atom. The predicted molar refractivity (Wildman–Crippen MR) is 80.1 cm³/mol. The Labute approximate surface area is 124 Å². The summed E-state index contributed by atoms with van der Waals surface area (Å²) in [6, 6.07) is 6.26. The monoisotopic (exact) mass is 290 g/mol. The maximum Gasteiger partial charge on any atom is 0.321 e. The number of benzene rings is 1. The number of carboxylic acids is 1. The van der Waals surface area contributed by atoms with Gasteiger partial charge in [0.25, 0.3) is 0 Å². The zero-order chi connectivity index (χ0) is 15.6. The summed E-state index contributed by atoms with van der Waals surface area (Å²) < 4.78 is 0. The van der Waals surface area contributed by atoms with Crippen molar-refractivity contribution < 1.29 is 14.7 Å². The molecule has 0 aromatic heterocycles. The topological polar surface area (TPSA) is 83.6 Å². The molecule has 0 spiro atoms. The lowest BCUT2D eigenvalue weighted by atomic mass is 9.83. The molecule has 3 N–H and O–H groups in total. The highest BCUT2D eigenvalue weighted by Crippen LogP contribution is 2.30. The van der Waals surface area contributed by atoms with E-state index in [1.807, 2.05) is 38.1 Å². The van der Waals surface area contributed by atoms with Crippen LogP contribution in [0.5, 0.6) is 0 Å². The molecule has 1 amide bonds. The van der Waals surface area contributed by atoms with Crippen LogP contribution in [0.25, 0.3) is 0 Å². The first-order valence-electron chi connectivity index (χ1n) is 7.29. The molecule has 1 aromatic carbocycles. The van der Waals surface area contributed by atoms with Gasteiger partial charge in [-0.05, 0) is 23.5 Å². The zero-order valence-electron chi connectivity index (χ0n) is 12.5. The minimum absolute atomic E-state index is 0.177. The van der Waals surface area contributed by atoms with Gasteiger partial charge in [0.2, 0.25) is 5.91 Å². The summed E-state index contributed by atoms with van der Waals surface area (Å²) in [5.41, 5.74) is 7.55. The molecule has 1 unspecified atom stereocenters. The largest absolute Gasteiger partial charge is 0.480 e. The van der Waals surface area contributed by atoms with Crippen molar-refractivity contribution in [2.75, 3.05) is 13.1 Å². The third-order valence-electron chi connectivity index (χ3n) is 4.03. The van der Waals surface area contributed by atoms with E-state index in [1.165, 1.54) is 0 Å². The van der Waals surface area contributed by atoms with Crippen LogP contribution in [0.2, 0.25) is 0 Å². The van der Waals surface area contributed by atoms with Crippen molar-refractivity contribution in [3.05, 3.63) is 35.4 Å². The zero-order valence-corrected chi connectivity index (χ0v) is 12.5. The quantitative estimate of drug-likeness (QED) is 0.861. The highest BCUT2D eigenvalue weighted by molar-refractivity contribution is 5.91. The average Bonchev–Trinajstić information content (AvgIpc) is 2.37. The Kier molecular flexibility index (Phi) is 4.63. The Morgan fingerprint density at radius 3 is 2.19 bits per heavy atom. The van der Waals surface area contributed by atoms with Gasteiger partial charge in [0, 0.05) is 13.1 Å². The van der Waals surface area contributed by atoms with Gasteiger partial charge in [-0.15, -0.1) is 0 Å². The van der Waals surface area contributed by atoms with E-state index in [-0.39, 0.29) is 11.8 Å². The van der Waals surface area contributed by atoms with Crippen LogP contribution in [-0.2, 0) is 9.59 Å². The summed E-state index contributed by atoms with van der Waals surface area (Å²) in [7, 11) is 0. The van der Waals surface area contributed by atoms with Gasteiger partial charge in [-0.1, -0.05) is 38.1 Å². The van der Waals surface area contributed by atoms with Gasteiger partial charge in [0.1, 0.15) is 6.04 Å². The highest BCUT2D eigenvalue weighted by atomic mass is 16.4. The number of rotatable bonds is 5. The molecule has 0 saturated carbocycles. The van der Waals surface area contributed by atoms with E-state index in [2.05, 4.69) is 0 Å². The van der Waals surface area contributed by atoms with Gasteiger partial charge < -0.3 is 15.7 Å². The number of amides is 1. The van der Waals surface area contributed by atoms with Crippen LogP contribution in [0.4, 0.5) is 0 Å². The van der Waals surface area contributed by atoms with Crippen molar-refractivity contribution in [3.8, 4) is 0 Å². The van der Waals surface area contributed by atoms with Gasteiger partial charge in [0.15, 0.2) is 0 Å². The molecule has 0 radical (unpaired) electrons. The van der Waals surface area contributed by atoms with E-state index in [4.69, 9.17) is 5.73 Å². The van der Waals surface area contributed by atoms with Gasteiger partial charge in [0.05, 0.1) is 5.92 Å². The molecule has 1 aliphatic rings. The SMILES string of the molecule is CC(C)c1ccccc1C(C(=O)N1CCC1)[C@@H](N)C(=O)O. The fraction of sp³-hybridized carbons (Fsp3) is 0.500. The molecule has 5 nitrogen and oxygen atoms in total. The third kappa shape index (κ3) is 3.08. The predicted octanol–water partition coefficient (Wildman–Crippen LogP) is 1.54. The Hall–Kier alpha value is -1.88. The summed E-state index contributed by atoms with van der Waals surface area (Å²) in [6.07, 6.45) is 0.965. The van der Waals surface area contributed by atoms with E-state index in [0.717, 1.165) is 17.5 Å². The van der Waals surface area contributed by atoms with Crippen LogP contribution in [0.3, 0.4) is 0 Å². The molecule has 0 aliphatic carbocycles. The molecule has 114 valence electrons. The summed E-state index contributed by atoms with van der Waals surface area (Å²) in [4.78, 5) is 25.6. The molecule has 1 saturated heterocycles. The molecule has 2 atom stereocenters. The van der Waals surface area contributed by atoms with Gasteiger partial charge in [-0.25, -0.2) is 0 Å². The lowest BCUT2D eigenvalue weighted by Gasteiger charge is -2.36. The van der Waals surface area contributed by atoms with E-state index in [0.29, 0.717) is 13.1 Å². The van der Waals surface area contributed by atoms with Crippen molar-refractivity contribution in [1.29, 1.82) is 0 Å². The standard InChI is InChI=1S/C16H22N2O3/c1-10(2)11-6-3-4-7-12(11)13(14(17)16(20)21)15(19)18-8-5-9-18/h3-4,6-7,10,13-14H,5,8-9,17H2,1-2H3,(H,20,21)/t13?,14-/m1/s1. The van der Waals surface area contributed by atoms with E-state index in [1.54, 1.807) is 4.90 Å². The Balaban J connectivity index is 2.44. The number of hydrogen-bond donors (Lipinski definition) is 2. The number of carboxylic acid groups (broad SMARTS) is 1. The first-order chi connectivity index (χ1) is 9.93. The number of nitrogens with zero attached hydrogens (tertiary/aromatic N) is 1. The number of aliphatic carboxylic acids is 1. The first-order valence-corrected chi connectivity index (χ1v) is 7.29. The Morgan fingerprint density at radius 2 is 1.76 bits per heavy atom. The summed E-state index contributed by atoms with van der Waals surface area (Å²) in [5.74, 6) is -1.94. The third-order valence-corrected chi connectivity index (χ3v) is 4.03. The smallest absolute Gasteiger partial charge is 0.321 e. The second kappa shape index (κ2) is 6.26. The number of carbonyl (C=O) groups excluding carboxylic acids is 1. The fourth-order valence-electron chi connectivity index (χ4n) is 2.68. The molecule has 1 aromatic rings. The summed E-state index contributed by atoms with van der Waals surface area (Å²) >= 11 is 0. The highest BCUT2D eigenvalue weighted by Gasteiger charge is 2.38. The van der Waals surface area contributed by atoms with Crippen LogP contribution < -0.4 is 5.73 Å². The molecule has 2 rings (SSSR count). The van der Waals surface area contributed by atoms with Crippen molar-refractivity contribution >= 4 is 11.9 Å². The lowest BCUT2D eigenvalue weighted by molar-refractivity contribution is -0.145. The molecule has 1 aliphatic heterocycles. The van der Waals surface area contributed by atoms with Crippen molar-refractivity contribution in [2.24, 2.45) is 5.73 Å². The van der Waals surface area contributed by atoms with Crippen molar-refractivity contribution in [2.45, 2.75) is 38.1 Å². The second-order valence-electron chi connectivity index (χ2n) is 5.80. The van der Waals surface area contributed by atoms with Gasteiger partial charge >= 0.3 is 5.97 Å². The molecular weight excluding hydrogens is 268 g/mol. The van der Waals surface area contributed by atoms with Crippen molar-refractivity contribution in [1.82, 2.24) is 4.90 Å². The van der Waals surface area contributed by atoms with E-state index >= 15 is 0 Å². The molecule has 1 heterocycles. The van der Waals surface area contributed by atoms with Gasteiger partial charge in [-0.3, -0.25) is 9.59 Å². The van der Waals surface area contributed by atoms with E-state index < -0.39 is 17.9 Å². The summed E-state index contributed by atoms with van der Waals surface area (Å²) in [6.45, 7) is 5.42. The van der Waals surface area contributed by atoms with Crippen LogP contribution in [-0.4, -0.2) is 41.0 Å². The minimum atomic E-state index is -1.22. The molecule has 21 heavy (non-hydrogen) atoms.